The molecule has 8 nitrogen and oxygen atoms in total. The summed E-state index contributed by atoms with van der Waals surface area (Å²) in [5.74, 6) is -0.157. The van der Waals surface area contributed by atoms with Crippen molar-refractivity contribution in [3.8, 4) is 0 Å². The number of amides is 1. The van der Waals surface area contributed by atoms with Crippen LogP contribution in [0, 0.1) is 0 Å². The molecule has 0 aliphatic carbocycles. The van der Waals surface area contributed by atoms with Gasteiger partial charge < -0.3 is 4.90 Å². The Bertz CT molecular complexity index is 884. The van der Waals surface area contributed by atoms with E-state index in [1.54, 1.807) is 21.9 Å². The summed E-state index contributed by atoms with van der Waals surface area (Å²) in [6.07, 6.45) is 6.04. The van der Waals surface area contributed by atoms with Gasteiger partial charge in [0.15, 0.2) is 0 Å². The Labute approximate surface area is 152 Å². The van der Waals surface area contributed by atoms with E-state index in [1.165, 1.54) is 16.6 Å². The Hall–Kier alpha value is -2.52. The third-order valence-electron chi connectivity index (χ3n) is 4.16. The van der Waals surface area contributed by atoms with Gasteiger partial charge in [0.1, 0.15) is 5.69 Å². The fourth-order valence-electron chi connectivity index (χ4n) is 2.74. The number of benzene rings is 1. The molecule has 1 saturated heterocycles. The van der Waals surface area contributed by atoms with Crippen LogP contribution in [-0.2, 0) is 21.4 Å². The number of piperazine rings is 1. The molecule has 138 valence electrons. The number of carbonyl (C=O) groups excluding carboxylic acids is 1. The van der Waals surface area contributed by atoms with Crippen molar-refractivity contribution in [1.29, 1.82) is 0 Å². The van der Waals surface area contributed by atoms with Crippen molar-refractivity contribution in [3.05, 3.63) is 53.9 Å². The fraction of sp³-hybridized carbons (Fsp3) is 0.353. The molecule has 1 amide bonds. The average molecular weight is 375 g/mol. The SMILES string of the molecule is CS(=O)(=O)N1CCN(C(=O)/C=C/c2cn(Cc3ccccc3)nn2)CC1. The van der Waals surface area contributed by atoms with Crippen molar-refractivity contribution < 1.29 is 13.2 Å². The Morgan fingerprint density at radius 3 is 2.50 bits per heavy atom. The Balaban J connectivity index is 1.54. The lowest BCUT2D eigenvalue weighted by Crippen LogP contribution is -2.49. The van der Waals surface area contributed by atoms with Gasteiger partial charge in [-0.15, -0.1) is 5.10 Å². The molecule has 1 fully saturated rings. The van der Waals surface area contributed by atoms with Gasteiger partial charge in [0.05, 0.1) is 19.0 Å². The van der Waals surface area contributed by atoms with Crippen LogP contribution in [0.4, 0.5) is 0 Å². The molecule has 26 heavy (non-hydrogen) atoms. The lowest BCUT2D eigenvalue weighted by Gasteiger charge is -2.32. The number of hydrogen-bond acceptors (Lipinski definition) is 5. The van der Waals surface area contributed by atoms with Crippen LogP contribution in [0.5, 0.6) is 0 Å². The first-order valence-electron chi connectivity index (χ1n) is 8.28. The Morgan fingerprint density at radius 1 is 1.15 bits per heavy atom. The maximum absolute atomic E-state index is 12.2. The predicted molar refractivity (Wildman–Crippen MR) is 97.6 cm³/mol. The minimum atomic E-state index is -3.20. The number of sulfonamides is 1. The van der Waals surface area contributed by atoms with E-state index < -0.39 is 10.0 Å². The van der Waals surface area contributed by atoms with E-state index in [0.29, 0.717) is 38.4 Å². The lowest BCUT2D eigenvalue weighted by atomic mass is 10.2. The molecule has 0 radical (unpaired) electrons. The highest BCUT2D eigenvalue weighted by atomic mass is 32.2. The zero-order valence-electron chi connectivity index (χ0n) is 14.5. The number of hydrogen-bond donors (Lipinski definition) is 0. The van der Waals surface area contributed by atoms with Crippen LogP contribution in [0.2, 0.25) is 0 Å². The Morgan fingerprint density at radius 2 is 1.85 bits per heavy atom. The number of nitrogens with zero attached hydrogens (tertiary/aromatic N) is 5. The van der Waals surface area contributed by atoms with Gasteiger partial charge in [0.2, 0.25) is 15.9 Å². The second-order valence-corrected chi connectivity index (χ2v) is 8.13. The molecule has 0 spiro atoms. The molecular formula is C17H21N5O3S. The van der Waals surface area contributed by atoms with Gasteiger partial charge in [-0.2, -0.15) is 4.31 Å². The summed E-state index contributed by atoms with van der Waals surface area (Å²) in [5, 5.41) is 8.10. The average Bonchev–Trinajstić information content (AvgIpc) is 3.07. The van der Waals surface area contributed by atoms with Crippen molar-refractivity contribution >= 4 is 22.0 Å². The van der Waals surface area contributed by atoms with E-state index in [-0.39, 0.29) is 5.91 Å². The summed E-state index contributed by atoms with van der Waals surface area (Å²) in [5.41, 5.74) is 1.72. The van der Waals surface area contributed by atoms with Gasteiger partial charge in [-0.25, -0.2) is 13.1 Å². The van der Waals surface area contributed by atoms with Crippen LogP contribution in [0.3, 0.4) is 0 Å². The Kier molecular flexibility index (Phi) is 5.48. The second kappa shape index (κ2) is 7.79. The van der Waals surface area contributed by atoms with E-state index in [9.17, 15) is 13.2 Å². The van der Waals surface area contributed by atoms with Crippen molar-refractivity contribution in [2.24, 2.45) is 0 Å². The molecule has 1 aromatic heterocycles. The molecule has 0 bridgehead atoms. The molecule has 1 aliphatic heterocycles. The first-order chi connectivity index (χ1) is 12.4. The monoisotopic (exact) mass is 375 g/mol. The number of carbonyl (C=O) groups is 1. The zero-order chi connectivity index (χ0) is 18.6. The van der Waals surface area contributed by atoms with Crippen LogP contribution in [-0.4, -0.2) is 71.0 Å². The maximum atomic E-state index is 12.2. The van der Waals surface area contributed by atoms with Crippen molar-refractivity contribution in [2.75, 3.05) is 32.4 Å². The van der Waals surface area contributed by atoms with Crippen LogP contribution in [0.1, 0.15) is 11.3 Å². The minimum absolute atomic E-state index is 0.157. The van der Waals surface area contributed by atoms with Crippen molar-refractivity contribution in [1.82, 2.24) is 24.2 Å². The molecule has 0 atom stereocenters. The van der Waals surface area contributed by atoms with E-state index in [4.69, 9.17) is 0 Å². The molecule has 2 heterocycles. The molecule has 0 N–H and O–H groups in total. The van der Waals surface area contributed by atoms with Crippen LogP contribution in [0.15, 0.2) is 42.6 Å². The second-order valence-electron chi connectivity index (χ2n) is 6.15. The summed E-state index contributed by atoms with van der Waals surface area (Å²) < 4.78 is 26.1. The molecular weight excluding hydrogens is 354 g/mol. The highest BCUT2D eigenvalue weighted by molar-refractivity contribution is 7.88. The quantitative estimate of drug-likeness (QED) is 0.708. The minimum Gasteiger partial charge on any atom is -0.337 e. The summed E-state index contributed by atoms with van der Waals surface area (Å²) in [6.45, 7) is 2.04. The van der Waals surface area contributed by atoms with E-state index in [0.717, 1.165) is 5.56 Å². The molecule has 1 aliphatic rings. The molecule has 1 aromatic carbocycles. The maximum Gasteiger partial charge on any atom is 0.246 e. The standard InChI is InChI=1S/C17H21N5O3S/c1-26(24,25)22-11-9-20(10-12-22)17(23)8-7-16-14-21(19-18-16)13-15-5-3-2-4-6-15/h2-8,14H,9-13H2,1H3/b8-7+. The van der Waals surface area contributed by atoms with Crippen LogP contribution in [0.25, 0.3) is 6.08 Å². The van der Waals surface area contributed by atoms with Gasteiger partial charge in [-0.05, 0) is 11.6 Å². The van der Waals surface area contributed by atoms with Crippen molar-refractivity contribution in [2.45, 2.75) is 6.54 Å². The van der Waals surface area contributed by atoms with Gasteiger partial charge in [-0.1, -0.05) is 35.5 Å². The highest BCUT2D eigenvalue weighted by Crippen LogP contribution is 2.08. The summed E-state index contributed by atoms with van der Waals surface area (Å²) in [6, 6.07) is 9.92. The molecule has 0 saturated carbocycles. The van der Waals surface area contributed by atoms with E-state index in [2.05, 4.69) is 10.3 Å². The molecule has 9 heteroatoms. The van der Waals surface area contributed by atoms with Crippen LogP contribution < -0.4 is 0 Å². The summed E-state index contributed by atoms with van der Waals surface area (Å²) >= 11 is 0. The fourth-order valence-corrected chi connectivity index (χ4v) is 3.57. The zero-order valence-corrected chi connectivity index (χ0v) is 15.3. The lowest BCUT2D eigenvalue weighted by molar-refractivity contribution is -0.127. The number of aromatic nitrogens is 3. The predicted octanol–water partition coefficient (Wildman–Crippen LogP) is 0.443. The van der Waals surface area contributed by atoms with E-state index >= 15 is 0 Å². The van der Waals surface area contributed by atoms with Gasteiger partial charge >= 0.3 is 0 Å². The summed E-state index contributed by atoms with van der Waals surface area (Å²) in [4.78, 5) is 13.9. The van der Waals surface area contributed by atoms with Crippen molar-refractivity contribution in [3.63, 3.8) is 0 Å². The molecule has 2 aromatic rings. The smallest absolute Gasteiger partial charge is 0.246 e. The molecule has 0 unspecified atom stereocenters. The topological polar surface area (TPSA) is 88.4 Å². The van der Waals surface area contributed by atoms with Gasteiger partial charge in [0.25, 0.3) is 0 Å². The third-order valence-corrected chi connectivity index (χ3v) is 5.46. The van der Waals surface area contributed by atoms with Gasteiger partial charge in [0, 0.05) is 32.3 Å². The first kappa shape index (κ1) is 18.3. The normalized spacial score (nSPS) is 16.3. The van der Waals surface area contributed by atoms with Gasteiger partial charge in [-0.3, -0.25) is 4.79 Å². The summed E-state index contributed by atoms with van der Waals surface area (Å²) in [7, 11) is -3.20. The largest absolute Gasteiger partial charge is 0.337 e. The van der Waals surface area contributed by atoms with E-state index in [1.807, 2.05) is 30.3 Å². The number of rotatable bonds is 5. The highest BCUT2D eigenvalue weighted by Gasteiger charge is 2.24. The molecule has 3 rings (SSSR count). The first-order valence-corrected chi connectivity index (χ1v) is 10.1. The third kappa shape index (κ3) is 4.77. The van der Waals surface area contributed by atoms with Crippen LogP contribution >= 0.6 is 0 Å².